The second-order valence-corrected chi connectivity index (χ2v) is 4.35. The van der Waals surface area contributed by atoms with Crippen molar-refractivity contribution >= 4 is 11.9 Å². The Morgan fingerprint density at radius 1 is 1.47 bits per heavy atom. The van der Waals surface area contributed by atoms with Gasteiger partial charge in [-0.15, -0.1) is 0 Å². The summed E-state index contributed by atoms with van der Waals surface area (Å²) in [6, 6.07) is 0. The quantitative estimate of drug-likeness (QED) is 0.700. The van der Waals surface area contributed by atoms with Crippen molar-refractivity contribution in [2.75, 3.05) is 0 Å². The van der Waals surface area contributed by atoms with Gasteiger partial charge in [-0.3, -0.25) is 14.7 Å². The van der Waals surface area contributed by atoms with Gasteiger partial charge >= 0.3 is 5.97 Å². The van der Waals surface area contributed by atoms with Gasteiger partial charge in [0.1, 0.15) is 6.33 Å². The second-order valence-electron chi connectivity index (χ2n) is 4.35. The maximum Gasteiger partial charge on any atom is 0.305 e. The molecule has 7 heteroatoms. The fourth-order valence-corrected chi connectivity index (χ4v) is 2.30. The second kappa shape index (κ2) is 4.52. The van der Waals surface area contributed by atoms with E-state index in [2.05, 4.69) is 20.5 Å². The maximum absolute atomic E-state index is 11.8. The molecular weight excluding hydrogens is 224 g/mol. The summed E-state index contributed by atoms with van der Waals surface area (Å²) >= 11 is 0. The van der Waals surface area contributed by atoms with Crippen molar-refractivity contribution in [1.82, 2.24) is 20.5 Å². The van der Waals surface area contributed by atoms with Crippen LogP contribution in [-0.4, -0.2) is 37.7 Å². The Bertz CT molecular complexity index is 409. The van der Waals surface area contributed by atoms with Crippen LogP contribution in [0.25, 0.3) is 0 Å². The molecule has 0 bridgehead atoms. The van der Waals surface area contributed by atoms with E-state index in [1.807, 2.05) is 0 Å². The zero-order chi connectivity index (χ0) is 12.3. The van der Waals surface area contributed by atoms with E-state index < -0.39 is 17.4 Å². The van der Waals surface area contributed by atoms with Crippen LogP contribution < -0.4 is 5.32 Å². The van der Waals surface area contributed by atoms with Crippen LogP contribution in [0, 0.1) is 0 Å². The highest BCUT2D eigenvalue weighted by Gasteiger charge is 2.38. The first-order chi connectivity index (χ1) is 8.11. The lowest BCUT2D eigenvalue weighted by atomic mass is 9.93. The SMILES string of the molecule is O=C(O)CC1(NC(=O)c2ncn[nH]2)CCCC1. The van der Waals surface area contributed by atoms with Gasteiger partial charge in [-0.25, -0.2) is 4.98 Å². The molecule has 0 unspecified atom stereocenters. The van der Waals surface area contributed by atoms with E-state index in [-0.39, 0.29) is 12.2 Å². The maximum atomic E-state index is 11.8. The molecule has 0 aromatic carbocycles. The molecule has 17 heavy (non-hydrogen) atoms. The summed E-state index contributed by atoms with van der Waals surface area (Å²) in [6.07, 6.45) is 4.45. The molecule has 0 spiro atoms. The molecular formula is C10H14N4O3. The Labute approximate surface area is 97.6 Å². The number of hydrogen-bond acceptors (Lipinski definition) is 4. The molecule has 1 aliphatic rings. The molecule has 1 heterocycles. The van der Waals surface area contributed by atoms with Crippen molar-refractivity contribution in [3.8, 4) is 0 Å². The highest BCUT2D eigenvalue weighted by atomic mass is 16.4. The average molecular weight is 238 g/mol. The molecule has 3 N–H and O–H groups in total. The number of aliphatic carboxylic acids is 1. The molecule has 1 amide bonds. The topological polar surface area (TPSA) is 108 Å². The predicted octanol–water partition coefficient (Wildman–Crippen LogP) is 0.322. The van der Waals surface area contributed by atoms with E-state index in [4.69, 9.17) is 5.11 Å². The summed E-state index contributed by atoms with van der Waals surface area (Å²) in [5.74, 6) is -1.18. The van der Waals surface area contributed by atoms with Crippen molar-refractivity contribution in [2.45, 2.75) is 37.6 Å². The first kappa shape index (κ1) is 11.6. The van der Waals surface area contributed by atoms with Crippen LogP contribution in [0.2, 0.25) is 0 Å². The summed E-state index contributed by atoms with van der Waals surface area (Å²) in [4.78, 5) is 26.4. The number of amides is 1. The number of hydrogen-bond donors (Lipinski definition) is 3. The number of aromatic nitrogens is 3. The van der Waals surface area contributed by atoms with Crippen LogP contribution in [0.15, 0.2) is 6.33 Å². The number of carbonyl (C=O) groups is 2. The molecule has 7 nitrogen and oxygen atoms in total. The largest absolute Gasteiger partial charge is 0.481 e. The standard InChI is InChI=1S/C10H14N4O3/c15-7(16)5-10(3-1-2-4-10)13-9(17)8-11-6-12-14-8/h6H,1-5H2,(H,13,17)(H,15,16)(H,11,12,14). The van der Waals surface area contributed by atoms with E-state index >= 15 is 0 Å². The highest BCUT2D eigenvalue weighted by molar-refractivity contribution is 5.91. The summed E-state index contributed by atoms with van der Waals surface area (Å²) < 4.78 is 0. The van der Waals surface area contributed by atoms with E-state index in [1.54, 1.807) is 0 Å². The van der Waals surface area contributed by atoms with Crippen molar-refractivity contribution in [3.05, 3.63) is 12.2 Å². The molecule has 1 fully saturated rings. The van der Waals surface area contributed by atoms with Gasteiger partial charge in [0.2, 0.25) is 5.82 Å². The van der Waals surface area contributed by atoms with Gasteiger partial charge < -0.3 is 10.4 Å². The molecule has 1 saturated carbocycles. The minimum absolute atomic E-state index is 0.0487. The number of nitrogens with zero attached hydrogens (tertiary/aromatic N) is 2. The molecule has 92 valence electrons. The van der Waals surface area contributed by atoms with Crippen LogP contribution >= 0.6 is 0 Å². The highest BCUT2D eigenvalue weighted by Crippen LogP contribution is 2.32. The molecule has 1 aliphatic carbocycles. The summed E-state index contributed by atoms with van der Waals surface area (Å²) in [5.41, 5.74) is -0.629. The summed E-state index contributed by atoms with van der Waals surface area (Å²) in [6.45, 7) is 0. The third-order valence-corrected chi connectivity index (χ3v) is 3.06. The van der Waals surface area contributed by atoms with Crippen LogP contribution in [0.1, 0.15) is 42.7 Å². The number of rotatable bonds is 4. The number of carboxylic acid groups (broad SMARTS) is 1. The number of carbonyl (C=O) groups excluding carboxylic acids is 1. The molecule has 1 aromatic rings. The third kappa shape index (κ3) is 2.61. The van der Waals surface area contributed by atoms with Crippen molar-refractivity contribution in [3.63, 3.8) is 0 Å². The van der Waals surface area contributed by atoms with Crippen molar-refractivity contribution in [2.24, 2.45) is 0 Å². The van der Waals surface area contributed by atoms with Crippen molar-refractivity contribution in [1.29, 1.82) is 0 Å². The fraction of sp³-hybridized carbons (Fsp3) is 0.600. The average Bonchev–Trinajstić information content (AvgIpc) is 2.86. The molecule has 0 saturated heterocycles. The first-order valence-corrected chi connectivity index (χ1v) is 5.51. The third-order valence-electron chi connectivity index (χ3n) is 3.06. The Morgan fingerprint density at radius 3 is 2.71 bits per heavy atom. The van der Waals surface area contributed by atoms with E-state index in [9.17, 15) is 9.59 Å². The van der Waals surface area contributed by atoms with Crippen LogP contribution in [-0.2, 0) is 4.79 Å². The van der Waals surface area contributed by atoms with E-state index in [0.29, 0.717) is 12.8 Å². The zero-order valence-electron chi connectivity index (χ0n) is 9.27. The van der Waals surface area contributed by atoms with Gasteiger partial charge in [0.05, 0.1) is 12.0 Å². The van der Waals surface area contributed by atoms with Crippen molar-refractivity contribution < 1.29 is 14.7 Å². The minimum Gasteiger partial charge on any atom is -0.481 e. The lowest BCUT2D eigenvalue weighted by Gasteiger charge is -2.28. The van der Waals surface area contributed by atoms with Crippen LogP contribution in [0.4, 0.5) is 0 Å². The Morgan fingerprint density at radius 2 is 2.18 bits per heavy atom. The first-order valence-electron chi connectivity index (χ1n) is 5.51. The number of H-pyrrole nitrogens is 1. The number of aromatic amines is 1. The van der Waals surface area contributed by atoms with Crippen LogP contribution in [0.5, 0.6) is 0 Å². The molecule has 0 atom stereocenters. The molecule has 0 aliphatic heterocycles. The fourth-order valence-electron chi connectivity index (χ4n) is 2.30. The van der Waals surface area contributed by atoms with Crippen LogP contribution in [0.3, 0.4) is 0 Å². The normalized spacial score (nSPS) is 17.9. The van der Waals surface area contributed by atoms with E-state index in [1.165, 1.54) is 6.33 Å². The molecule has 1 aromatic heterocycles. The Kier molecular flexibility index (Phi) is 3.08. The minimum atomic E-state index is -0.898. The van der Waals surface area contributed by atoms with Gasteiger partial charge in [-0.05, 0) is 12.8 Å². The summed E-state index contributed by atoms with van der Waals surface area (Å²) in [5, 5.41) is 17.7. The van der Waals surface area contributed by atoms with Gasteiger partial charge in [-0.2, -0.15) is 5.10 Å². The summed E-state index contributed by atoms with van der Waals surface area (Å²) in [7, 11) is 0. The van der Waals surface area contributed by atoms with Gasteiger partial charge in [0.25, 0.3) is 5.91 Å². The van der Waals surface area contributed by atoms with Gasteiger partial charge in [0, 0.05) is 0 Å². The predicted molar refractivity (Wildman–Crippen MR) is 57.3 cm³/mol. The number of carboxylic acids is 1. The Balaban J connectivity index is 2.08. The van der Waals surface area contributed by atoms with Gasteiger partial charge in [-0.1, -0.05) is 12.8 Å². The number of nitrogens with one attached hydrogen (secondary N) is 2. The molecule has 2 rings (SSSR count). The monoisotopic (exact) mass is 238 g/mol. The lowest BCUT2D eigenvalue weighted by molar-refractivity contribution is -0.138. The van der Waals surface area contributed by atoms with E-state index in [0.717, 1.165) is 12.8 Å². The lowest BCUT2D eigenvalue weighted by Crippen LogP contribution is -2.48. The zero-order valence-corrected chi connectivity index (χ0v) is 9.27. The smallest absolute Gasteiger partial charge is 0.305 e. The Hall–Kier alpha value is -1.92. The van der Waals surface area contributed by atoms with Gasteiger partial charge in [0.15, 0.2) is 0 Å². The molecule has 0 radical (unpaired) electrons.